The van der Waals surface area contributed by atoms with Crippen molar-refractivity contribution in [2.75, 3.05) is 26.2 Å². The molecule has 0 aromatic heterocycles. The van der Waals surface area contributed by atoms with E-state index in [0.717, 1.165) is 44.8 Å². The number of ether oxygens (including phenoxy) is 1. The van der Waals surface area contributed by atoms with E-state index in [-0.39, 0.29) is 0 Å². The lowest BCUT2D eigenvalue weighted by atomic mass is 10.2. The van der Waals surface area contributed by atoms with Crippen molar-refractivity contribution >= 4 is 0 Å². The Balaban J connectivity index is 2.11. The molecule has 0 atom stereocenters. The van der Waals surface area contributed by atoms with Gasteiger partial charge in [-0.3, -0.25) is 0 Å². The molecule has 0 aromatic carbocycles. The van der Waals surface area contributed by atoms with Crippen LogP contribution in [-0.4, -0.2) is 31.1 Å². The summed E-state index contributed by atoms with van der Waals surface area (Å²) in [6, 6.07) is 0. The van der Waals surface area contributed by atoms with Crippen molar-refractivity contribution in [1.82, 2.24) is 4.90 Å². The van der Waals surface area contributed by atoms with Crippen LogP contribution in [0.5, 0.6) is 0 Å². The normalized spacial score (nSPS) is 15.8. The number of rotatable bonds is 6. The largest absolute Gasteiger partial charge is 0.497 e. The van der Waals surface area contributed by atoms with Gasteiger partial charge in [-0.2, -0.15) is 0 Å². The molecular formula is C12H21NO. The van der Waals surface area contributed by atoms with Gasteiger partial charge in [0.2, 0.25) is 0 Å². The van der Waals surface area contributed by atoms with Crippen molar-refractivity contribution in [3.05, 3.63) is 24.0 Å². The molecule has 0 saturated heterocycles. The van der Waals surface area contributed by atoms with Gasteiger partial charge in [-0.25, -0.2) is 0 Å². The average molecular weight is 195 g/mol. The van der Waals surface area contributed by atoms with E-state index in [1.807, 2.05) is 0 Å². The summed E-state index contributed by atoms with van der Waals surface area (Å²) in [5.41, 5.74) is 0. The maximum Gasteiger partial charge on any atom is 0.100 e. The van der Waals surface area contributed by atoms with Crippen LogP contribution in [0.2, 0.25) is 0 Å². The SMILES string of the molecule is CCN(CC)CCOC1=CCC=CC1. The van der Waals surface area contributed by atoms with Crippen LogP contribution >= 0.6 is 0 Å². The number of likely N-dealkylation sites (N-methyl/N-ethyl adjacent to an activating group) is 1. The minimum atomic E-state index is 0.821. The zero-order valence-electron chi connectivity index (χ0n) is 9.33. The molecule has 0 heterocycles. The molecule has 1 aliphatic rings. The van der Waals surface area contributed by atoms with Crippen molar-refractivity contribution in [1.29, 1.82) is 0 Å². The fraction of sp³-hybridized carbons (Fsp3) is 0.667. The van der Waals surface area contributed by atoms with Gasteiger partial charge in [-0.15, -0.1) is 0 Å². The Hall–Kier alpha value is -0.760. The summed E-state index contributed by atoms with van der Waals surface area (Å²) in [6.45, 7) is 8.45. The summed E-state index contributed by atoms with van der Waals surface area (Å²) in [6.07, 6.45) is 8.52. The van der Waals surface area contributed by atoms with E-state index in [9.17, 15) is 0 Å². The fourth-order valence-corrected chi connectivity index (χ4v) is 1.54. The number of nitrogens with zero attached hydrogens (tertiary/aromatic N) is 1. The molecule has 0 aliphatic heterocycles. The molecule has 2 nitrogen and oxygen atoms in total. The Morgan fingerprint density at radius 3 is 2.64 bits per heavy atom. The first-order valence-corrected chi connectivity index (χ1v) is 5.56. The van der Waals surface area contributed by atoms with Gasteiger partial charge in [-0.05, 0) is 25.6 Å². The topological polar surface area (TPSA) is 12.5 Å². The summed E-state index contributed by atoms with van der Waals surface area (Å²) >= 11 is 0. The van der Waals surface area contributed by atoms with E-state index in [1.54, 1.807) is 0 Å². The highest BCUT2D eigenvalue weighted by Gasteiger charge is 2.01. The Bertz CT molecular complexity index is 204. The summed E-state index contributed by atoms with van der Waals surface area (Å²) < 4.78 is 5.69. The average Bonchev–Trinajstić information content (AvgIpc) is 2.26. The lowest BCUT2D eigenvalue weighted by Crippen LogP contribution is -2.27. The molecular weight excluding hydrogens is 174 g/mol. The van der Waals surface area contributed by atoms with E-state index in [0.29, 0.717) is 0 Å². The van der Waals surface area contributed by atoms with Crippen LogP contribution in [0.4, 0.5) is 0 Å². The minimum absolute atomic E-state index is 0.821. The van der Waals surface area contributed by atoms with Crippen LogP contribution in [0.15, 0.2) is 24.0 Å². The number of hydrogen-bond acceptors (Lipinski definition) is 2. The molecule has 0 spiro atoms. The van der Waals surface area contributed by atoms with E-state index >= 15 is 0 Å². The lowest BCUT2D eigenvalue weighted by molar-refractivity contribution is 0.160. The summed E-state index contributed by atoms with van der Waals surface area (Å²) in [5.74, 6) is 1.14. The molecule has 0 N–H and O–H groups in total. The number of hydrogen-bond donors (Lipinski definition) is 0. The van der Waals surface area contributed by atoms with Gasteiger partial charge < -0.3 is 9.64 Å². The first-order valence-electron chi connectivity index (χ1n) is 5.56. The van der Waals surface area contributed by atoms with Crippen molar-refractivity contribution in [3.8, 4) is 0 Å². The minimum Gasteiger partial charge on any atom is -0.497 e. The third kappa shape index (κ3) is 3.97. The summed E-state index contributed by atoms with van der Waals surface area (Å²) in [5, 5.41) is 0. The molecule has 0 aromatic rings. The van der Waals surface area contributed by atoms with E-state index in [2.05, 4.69) is 37.0 Å². The molecule has 2 heteroatoms. The maximum atomic E-state index is 5.69. The third-order valence-corrected chi connectivity index (χ3v) is 2.56. The maximum absolute atomic E-state index is 5.69. The van der Waals surface area contributed by atoms with Crippen LogP contribution < -0.4 is 0 Å². The highest BCUT2D eigenvalue weighted by atomic mass is 16.5. The van der Waals surface area contributed by atoms with Crippen molar-refractivity contribution in [2.45, 2.75) is 26.7 Å². The Morgan fingerprint density at radius 1 is 1.29 bits per heavy atom. The van der Waals surface area contributed by atoms with Crippen molar-refractivity contribution in [3.63, 3.8) is 0 Å². The zero-order chi connectivity index (χ0) is 10.2. The quantitative estimate of drug-likeness (QED) is 0.604. The molecule has 0 unspecified atom stereocenters. The molecule has 1 aliphatic carbocycles. The summed E-state index contributed by atoms with van der Waals surface area (Å²) in [7, 11) is 0. The zero-order valence-corrected chi connectivity index (χ0v) is 9.33. The second kappa shape index (κ2) is 6.66. The number of allylic oxidation sites excluding steroid dienone is 3. The standard InChI is InChI=1S/C12H21NO/c1-3-13(4-2)10-11-14-12-8-6-5-7-9-12/h5-6,9H,3-4,7-8,10-11H2,1-2H3. The predicted octanol–water partition coefficient (Wildman–Crippen LogP) is 2.58. The predicted molar refractivity (Wildman–Crippen MR) is 60.2 cm³/mol. The van der Waals surface area contributed by atoms with Crippen molar-refractivity contribution < 1.29 is 4.74 Å². The lowest BCUT2D eigenvalue weighted by Gasteiger charge is -2.19. The van der Waals surface area contributed by atoms with Gasteiger partial charge in [0.1, 0.15) is 6.61 Å². The molecule has 80 valence electrons. The molecule has 0 fully saturated rings. The molecule has 0 radical (unpaired) electrons. The second-order valence-electron chi connectivity index (χ2n) is 3.46. The van der Waals surface area contributed by atoms with E-state index in [4.69, 9.17) is 4.74 Å². The first-order chi connectivity index (χ1) is 6.86. The van der Waals surface area contributed by atoms with Crippen LogP contribution in [0.1, 0.15) is 26.7 Å². The second-order valence-corrected chi connectivity index (χ2v) is 3.46. The van der Waals surface area contributed by atoms with Gasteiger partial charge >= 0.3 is 0 Å². The molecule has 0 saturated carbocycles. The highest BCUT2D eigenvalue weighted by Crippen LogP contribution is 2.11. The van der Waals surface area contributed by atoms with E-state index < -0.39 is 0 Å². The van der Waals surface area contributed by atoms with Crippen LogP contribution in [0, 0.1) is 0 Å². The van der Waals surface area contributed by atoms with Gasteiger partial charge in [-0.1, -0.05) is 26.0 Å². The van der Waals surface area contributed by atoms with Gasteiger partial charge in [0.25, 0.3) is 0 Å². The highest BCUT2D eigenvalue weighted by molar-refractivity contribution is 5.09. The van der Waals surface area contributed by atoms with E-state index in [1.165, 1.54) is 0 Å². The van der Waals surface area contributed by atoms with Crippen molar-refractivity contribution in [2.24, 2.45) is 0 Å². The Kier molecular flexibility index (Phi) is 5.38. The van der Waals surface area contributed by atoms with Gasteiger partial charge in [0, 0.05) is 13.0 Å². The molecule has 14 heavy (non-hydrogen) atoms. The first kappa shape index (κ1) is 11.3. The van der Waals surface area contributed by atoms with Gasteiger partial charge in [0.05, 0.1) is 5.76 Å². The Morgan fingerprint density at radius 2 is 2.07 bits per heavy atom. The summed E-state index contributed by atoms with van der Waals surface area (Å²) in [4.78, 5) is 2.37. The third-order valence-electron chi connectivity index (χ3n) is 2.56. The molecule has 0 amide bonds. The van der Waals surface area contributed by atoms with Crippen LogP contribution in [0.25, 0.3) is 0 Å². The van der Waals surface area contributed by atoms with Crippen LogP contribution in [-0.2, 0) is 4.74 Å². The fourth-order valence-electron chi connectivity index (χ4n) is 1.54. The van der Waals surface area contributed by atoms with Crippen LogP contribution in [0.3, 0.4) is 0 Å². The van der Waals surface area contributed by atoms with Gasteiger partial charge in [0.15, 0.2) is 0 Å². The Labute approximate surface area is 87.2 Å². The molecule has 1 rings (SSSR count). The smallest absolute Gasteiger partial charge is 0.100 e. The monoisotopic (exact) mass is 195 g/mol. The molecule has 0 bridgehead atoms.